The third kappa shape index (κ3) is 7.88. The van der Waals surface area contributed by atoms with Gasteiger partial charge < -0.3 is 10.2 Å². The van der Waals surface area contributed by atoms with Gasteiger partial charge in [0, 0.05) is 36.1 Å². The van der Waals surface area contributed by atoms with Crippen molar-refractivity contribution in [1.29, 1.82) is 0 Å². The van der Waals surface area contributed by atoms with Crippen LogP contribution in [0.2, 0.25) is 5.02 Å². The molecule has 0 aliphatic carbocycles. The number of halogens is 2. The molecule has 2 amide bonds. The van der Waals surface area contributed by atoms with Gasteiger partial charge in [-0.15, -0.1) is 0 Å². The van der Waals surface area contributed by atoms with Gasteiger partial charge in [-0.2, -0.15) is 4.31 Å². The molecule has 1 unspecified atom stereocenters. The number of amides is 2. The highest BCUT2D eigenvalue weighted by molar-refractivity contribution is 9.10. The topological polar surface area (TPSA) is 86.8 Å². The van der Waals surface area contributed by atoms with Crippen LogP contribution in [0.5, 0.6) is 0 Å². The standard InChI is InChI=1S/C27H29BrClN3O4S/c1-3-30-27(34)25(17-20-8-5-4-6-9-20)32(18-21-10-7-11-22(28)16-21)26(33)19-31(2)37(35,36)24-14-12-23(29)13-15-24/h4-16,25H,3,17-19H2,1-2H3,(H,30,34). The number of hydrogen-bond acceptors (Lipinski definition) is 4. The average molecular weight is 607 g/mol. The van der Waals surface area contributed by atoms with Crippen LogP contribution >= 0.6 is 27.5 Å². The van der Waals surface area contributed by atoms with Crippen LogP contribution in [0.25, 0.3) is 0 Å². The number of nitrogens with zero attached hydrogens (tertiary/aromatic N) is 2. The Hall–Kier alpha value is -2.72. The van der Waals surface area contributed by atoms with E-state index >= 15 is 0 Å². The van der Waals surface area contributed by atoms with Crippen molar-refractivity contribution >= 4 is 49.4 Å². The normalized spacial score (nSPS) is 12.2. The van der Waals surface area contributed by atoms with E-state index in [-0.39, 0.29) is 23.8 Å². The van der Waals surface area contributed by atoms with E-state index in [4.69, 9.17) is 11.6 Å². The third-order valence-corrected chi connectivity index (χ3v) is 8.31. The van der Waals surface area contributed by atoms with Gasteiger partial charge in [-0.05, 0) is 54.4 Å². The second-order valence-corrected chi connectivity index (χ2v) is 11.9. The zero-order valence-electron chi connectivity index (χ0n) is 20.6. The molecular formula is C27H29BrClN3O4S. The number of likely N-dealkylation sites (N-methyl/N-ethyl adjacent to an activating group) is 2. The second kappa shape index (κ2) is 13.2. The van der Waals surface area contributed by atoms with Gasteiger partial charge in [0.05, 0.1) is 11.4 Å². The van der Waals surface area contributed by atoms with Crippen molar-refractivity contribution in [3.05, 3.63) is 99.5 Å². The molecule has 0 spiro atoms. The molecule has 1 atom stereocenters. The molecule has 3 rings (SSSR count). The van der Waals surface area contributed by atoms with Crippen LogP contribution in [0.1, 0.15) is 18.1 Å². The summed E-state index contributed by atoms with van der Waals surface area (Å²) in [6.07, 6.45) is 0.278. The lowest BCUT2D eigenvalue weighted by Crippen LogP contribution is -2.53. The van der Waals surface area contributed by atoms with Crippen molar-refractivity contribution in [3.63, 3.8) is 0 Å². The van der Waals surface area contributed by atoms with Crippen LogP contribution < -0.4 is 5.32 Å². The Bertz CT molecular complexity index is 1320. The van der Waals surface area contributed by atoms with Crippen LogP contribution in [0.15, 0.2) is 88.2 Å². The van der Waals surface area contributed by atoms with E-state index in [1.54, 1.807) is 0 Å². The molecule has 0 aliphatic rings. The summed E-state index contributed by atoms with van der Waals surface area (Å²) in [6.45, 7) is 1.89. The van der Waals surface area contributed by atoms with Crippen LogP contribution in [0, 0.1) is 0 Å². The Balaban J connectivity index is 1.95. The average Bonchev–Trinajstić information content (AvgIpc) is 2.87. The number of nitrogens with one attached hydrogen (secondary N) is 1. The summed E-state index contributed by atoms with van der Waals surface area (Å²) in [5.41, 5.74) is 1.68. The Labute approximate surface area is 231 Å². The molecule has 1 N–H and O–H groups in total. The van der Waals surface area contributed by atoms with Crippen molar-refractivity contribution in [2.45, 2.75) is 30.8 Å². The number of carbonyl (C=O) groups excluding carboxylic acids is 2. The Morgan fingerprint density at radius 1 is 0.973 bits per heavy atom. The minimum absolute atomic E-state index is 0.0234. The van der Waals surface area contributed by atoms with E-state index in [1.807, 2.05) is 61.5 Å². The molecule has 3 aromatic carbocycles. The third-order valence-electron chi connectivity index (χ3n) is 5.74. The predicted octanol–water partition coefficient (Wildman–Crippen LogP) is 4.50. The Morgan fingerprint density at radius 3 is 2.24 bits per heavy atom. The lowest BCUT2D eigenvalue weighted by atomic mass is 10.0. The monoisotopic (exact) mass is 605 g/mol. The lowest BCUT2D eigenvalue weighted by molar-refractivity contribution is -0.141. The van der Waals surface area contributed by atoms with Gasteiger partial charge in [0.15, 0.2) is 0 Å². The molecule has 37 heavy (non-hydrogen) atoms. The summed E-state index contributed by atoms with van der Waals surface area (Å²) in [5.74, 6) is -0.801. The molecule has 0 saturated carbocycles. The first-order valence-electron chi connectivity index (χ1n) is 11.7. The van der Waals surface area contributed by atoms with E-state index in [1.165, 1.54) is 36.2 Å². The van der Waals surface area contributed by atoms with Crippen LogP contribution in [-0.4, -0.2) is 55.6 Å². The fourth-order valence-corrected chi connectivity index (χ4v) is 5.52. The smallest absolute Gasteiger partial charge is 0.243 e. The highest BCUT2D eigenvalue weighted by atomic mass is 79.9. The highest BCUT2D eigenvalue weighted by Gasteiger charge is 2.32. The van der Waals surface area contributed by atoms with Gasteiger partial charge in [-0.25, -0.2) is 8.42 Å². The van der Waals surface area contributed by atoms with Gasteiger partial charge >= 0.3 is 0 Å². The summed E-state index contributed by atoms with van der Waals surface area (Å²) in [6, 6.07) is 21.8. The minimum atomic E-state index is -3.96. The summed E-state index contributed by atoms with van der Waals surface area (Å²) >= 11 is 9.35. The van der Waals surface area contributed by atoms with Crippen molar-refractivity contribution in [2.24, 2.45) is 0 Å². The number of rotatable bonds is 11. The molecule has 10 heteroatoms. The molecule has 0 heterocycles. The number of benzene rings is 3. The lowest BCUT2D eigenvalue weighted by Gasteiger charge is -2.32. The first-order chi connectivity index (χ1) is 17.6. The van der Waals surface area contributed by atoms with Crippen LogP contribution in [-0.2, 0) is 32.6 Å². The molecular weight excluding hydrogens is 578 g/mol. The highest BCUT2D eigenvalue weighted by Crippen LogP contribution is 2.20. The molecule has 0 radical (unpaired) electrons. The maximum Gasteiger partial charge on any atom is 0.243 e. The van der Waals surface area contributed by atoms with Crippen molar-refractivity contribution in [3.8, 4) is 0 Å². The van der Waals surface area contributed by atoms with E-state index in [2.05, 4.69) is 21.2 Å². The molecule has 0 fully saturated rings. The van der Waals surface area contributed by atoms with E-state index < -0.39 is 28.5 Å². The maximum absolute atomic E-state index is 13.7. The molecule has 0 aromatic heterocycles. The molecule has 7 nitrogen and oxygen atoms in total. The fourth-order valence-electron chi connectivity index (χ4n) is 3.83. The molecule has 0 bridgehead atoms. The largest absolute Gasteiger partial charge is 0.355 e. The minimum Gasteiger partial charge on any atom is -0.355 e. The second-order valence-electron chi connectivity index (χ2n) is 8.47. The van der Waals surface area contributed by atoms with E-state index in [9.17, 15) is 18.0 Å². The molecule has 196 valence electrons. The number of sulfonamides is 1. The van der Waals surface area contributed by atoms with Gasteiger partial charge in [-0.3, -0.25) is 9.59 Å². The Morgan fingerprint density at radius 2 is 1.62 bits per heavy atom. The first-order valence-corrected chi connectivity index (χ1v) is 14.3. The van der Waals surface area contributed by atoms with Gasteiger partial charge in [0.2, 0.25) is 21.8 Å². The summed E-state index contributed by atoms with van der Waals surface area (Å²) in [4.78, 5) is 28.4. The summed E-state index contributed by atoms with van der Waals surface area (Å²) in [5, 5.41) is 3.23. The van der Waals surface area contributed by atoms with E-state index in [0.717, 1.165) is 19.9 Å². The van der Waals surface area contributed by atoms with Crippen molar-refractivity contribution < 1.29 is 18.0 Å². The SMILES string of the molecule is CCNC(=O)C(Cc1ccccc1)N(Cc1cccc(Br)c1)C(=O)CN(C)S(=O)(=O)c1ccc(Cl)cc1. The van der Waals surface area contributed by atoms with Gasteiger partial charge in [0.25, 0.3) is 0 Å². The molecule has 0 saturated heterocycles. The van der Waals surface area contributed by atoms with Gasteiger partial charge in [0.1, 0.15) is 6.04 Å². The van der Waals surface area contributed by atoms with E-state index in [0.29, 0.717) is 11.6 Å². The number of carbonyl (C=O) groups is 2. The first kappa shape index (κ1) is 28.8. The van der Waals surface area contributed by atoms with Crippen LogP contribution in [0.4, 0.5) is 0 Å². The quantitative estimate of drug-likeness (QED) is 0.348. The maximum atomic E-state index is 13.7. The summed E-state index contributed by atoms with van der Waals surface area (Å²) < 4.78 is 28.1. The zero-order chi connectivity index (χ0) is 27.0. The molecule has 3 aromatic rings. The predicted molar refractivity (Wildman–Crippen MR) is 149 cm³/mol. The van der Waals surface area contributed by atoms with Crippen molar-refractivity contribution in [1.82, 2.24) is 14.5 Å². The fraction of sp³-hybridized carbons (Fsp3) is 0.259. The van der Waals surface area contributed by atoms with Gasteiger partial charge in [-0.1, -0.05) is 70.0 Å². The zero-order valence-corrected chi connectivity index (χ0v) is 23.8. The number of hydrogen-bond donors (Lipinski definition) is 1. The van der Waals surface area contributed by atoms with Crippen molar-refractivity contribution in [2.75, 3.05) is 20.1 Å². The molecule has 0 aliphatic heterocycles. The summed E-state index contributed by atoms with van der Waals surface area (Å²) in [7, 11) is -2.62. The van der Waals surface area contributed by atoms with Crippen LogP contribution in [0.3, 0.4) is 0 Å². The Kier molecular flexibility index (Phi) is 10.3.